The second-order valence-electron chi connectivity index (χ2n) is 7.13. The van der Waals surface area contributed by atoms with E-state index in [0.29, 0.717) is 6.04 Å². The maximum Gasteiger partial charge on any atom is 0.242 e. The van der Waals surface area contributed by atoms with E-state index in [2.05, 4.69) is 32.6 Å². The SMILES string of the molecule is O=C(NC1CC1)C(c1ccc(F)cc1)N1CCN(Cc2cccs2)CC1. The topological polar surface area (TPSA) is 35.6 Å². The Morgan fingerprint density at radius 1 is 1.15 bits per heavy atom. The number of thiophene rings is 1. The van der Waals surface area contributed by atoms with E-state index in [1.165, 1.54) is 17.0 Å². The van der Waals surface area contributed by atoms with Crippen LogP contribution in [0.4, 0.5) is 4.39 Å². The fourth-order valence-corrected chi connectivity index (χ4v) is 4.23. The van der Waals surface area contributed by atoms with Crippen LogP contribution in [0, 0.1) is 5.82 Å². The standard InChI is InChI=1S/C20H24FN3OS/c21-16-5-3-15(4-6-16)19(20(25)22-17-7-8-17)24-11-9-23(10-12-24)14-18-2-1-13-26-18/h1-6,13,17,19H,7-12,14H2,(H,22,25). The summed E-state index contributed by atoms with van der Waals surface area (Å²) in [5.74, 6) is -0.221. The number of nitrogens with one attached hydrogen (secondary N) is 1. The number of piperazine rings is 1. The Balaban J connectivity index is 1.43. The molecule has 1 unspecified atom stereocenters. The van der Waals surface area contributed by atoms with Crippen LogP contribution in [0.3, 0.4) is 0 Å². The normalized spacial score (nSPS) is 20.0. The molecule has 1 saturated heterocycles. The molecule has 1 amide bonds. The molecule has 26 heavy (non-hydrogen) atoms. The quantitative estimate of drug-likeness (QED) is 0.845. The van der Waals surface area contributed by atoms with Gasteiger partial charge >= 0.3 is 0 Å². The Morgan fingerprint density at radius 2 is 1.88 bits per heavy atom. The Kier molecular flexibility index (Phi) is 5.33. The van der Waals surface area contributed by atoms with Crippen molar-refractivity contribution in [2.24, 2.45) is 0 Å². The number of carbonyl (C=O) groups excluding carboxylic acids is 1. The number of rotatable bonds is 6. The van der Waals surface area contributed by atoms with E-state index in [0.717, 1.165) is 51.1 Å². The van der Waals surface area contributed by atoms with E-state index in [1.54, 1.807) is 23.5 Å². The number of halogens is 1. The molecule has 1 aromatic heterocycles. The highest BCUT2D eigenvalue weighted by molar-refractivity contribution is 7.09. The van der Waals surface area contributed by atoms with E-state index in [4.69, 9.17) is 0 Å². The minimum atomic E-state index is -0.333. The predicted octanol–water partition coefficient (Wildman–Crippen LogP) is 3.02. The summed E-state index contributed by atoms with van der Waals surface area (Å²) in [4.78, 5) is 18.9. The maximum atomic E-state index is 13.3. The summed E-state index contributed by atoms with van der Waals surface area (Å²) in [7, 11) is 0. The van der Waals surface area contributed by atoms with Gasteiger partial charge in [0, 0.05) is 43.6 Å². The maximum absolute atomic E-state index is 13.3. The number of amides is 1. The summed E-state index contributed by atoms with van der Waals surface area (Å²) < 4.78 is 13.3. The van der Waals surface area contributed by atoms with Crippen molar-refractivity contribution in [2.45, 2.75) is 31.5 Å². The molecule has 1 saturated carbocycles. The minimum absolute atomic E-state index is 0.0471. The molecule has 1 aliphatic heterocycles. The molecule has 0 spiro atoms. The van der Waals surface area contributed by atoms with Crippen molar-refractivity contribution in [2.75, 3.05) is 26.2 Å². The first kappa shape index (κ1) is 17.6. The second kappa shape index (κ2) is 7.86. The molecule has 0 bridgehead atoms. The third-order valence-corrected chi connectivity index (χ3v) is 5.95. The van der Waals surface area contributed by atoms with Gasteiger partial charge in [0.2, 0.25) is 5.91 Å². The molecule has 4 rings (SSSR count). The number of hydrogen-bond donors (Lipinski definition) is 1. The molecule has 2 heterocycles. The molecule has 2 aromatic rings. The first-order valence-electron chi connectivity index (χ1n) is 9.24. The second-order valence-corrected chi connectivity index (χ2v) is 8.16. The van der Waals surface area contributed by atoms with Crippen molar-refractivity contribution in [1.82, 2.24) is 15.1 Å². The largest absolute Gasteiger partial charge is 0.352 e. The van der Waals surface area contributed by atoms with E-state index in [9.17, 15) is 9.18 Å². The Morgan fingerprint density at radius 3 is 2.50 bits per heavy atom. The summed E-state index contributed by atoms with van der Waals surface area (Å²) in [6.45, 7) is 4.52. The van der Waals surface area contributed by atoms with Crippen molar-refractivity contribution < 1.29 is 9.18 Å². The van der Waals surface area contributed by atoms with Crippen molar-refractivity contribution >= 4 is 17.2 Å². The number of carbonyl (C=O) groups is 1. The Labute approximate surface area is 157 Å². The Bertz CT molecular complexity index is 722. The summed E-state index contributed by atoms with van der Waals surface area (Å²) in [5, 5.41) is 5.24. The van der Waals surface area contributed by atoms with E-state index in [1.807, 2.05) is 0 Å². The lowest BCUT2D eigenvalue weighted by Crippen LogP contribution is -2.50. The third-order valence-electron chi connectivity index (χ3n) is 5.09. The summed E-state index contributed by atoms with van der Waals surface area (Å²) in [6.07, 6.45) is 2.13. The van der Waals surface area contributed by atoms with Crippen LogP contribution >= 0.6 is 11.3 Å². The highest BCUT2D eigenvalue weighted by atomic mass is 32.1. The van der Waals surface area contributed by atoms with Gasteiger partial charge in [-0.05, 0) is 42.0 Å². The van der Waals surface area contributed by atoms with Gasteiger partial charge in [0.25, 0.3) is 0 Å². The molecular weight excluding hydrogens is 349 g/mol. The molecule has 138 valence electrons. The summed E-state index contributed by atoms with van der Waals surface area (Å²) in [6, 6.07) is 10.6. The molecular formula is C20H24FN3OS. The average Bonchev–Trinajstić information content (AvgIpc) is 3.31. The third kappa shape index (κ3) is 4.31. The average molecular weight is 373 g/mol. The van der Waals surface area contributed by atoms with Crippen LogP contribution in [0.2, 0.25) is 0 Å². The summed E-state index contributed by atoms with van der Waals surface area (Å²) >= 11 is 1.79. The van der Waals surface area contributed by atoms with Gasteiger partial charge in [-0.2, -0.15) is 0 Å². The molecule has 4 nitrogen and oxygen atoms in total. The predicted molar refractivity (Wildman–Crippen MR) is 101 cm³/mol. The van der Waals surface area contributed by atoms with Gasteiger partial charge in [0.15, 0.2) is 0 Å². The first-order chi connectivity index (χ1) is 12.7. The minimum Gasteiger partial charge on any atom is -0.352 e. The van der Waals surface area contributed by atoms with Gasteiger partial charge in [-0.1, -0.05) is 18.2 Å². The summed E-state index contributed by atoms with van der Waals surface area (Å²) in [5.41, 5.74) is 0.872. The fraction of sp³-hybridized carbons (Fsp3) is 0.450. The van der Waals surface area contributed by atoms with Crippen LogP contribution in [0.5, 0.6) is 0 Å². The Hall–Kier alpha value is -1.76. The molecule has 0 radical (unpaired) electrons. The lowest BCUT2D eigenvalue weighted by Gasteiger charge is -2.38. The molecule has 6 heteroatoms. The monoisotopic (exact) mass is 373 g/mol. The van der Waals surface area contributed by atoms with Crippen LogP contribution in [0.1, 0.15) is 29.3 Å². The molecule has 1 N–H and O–H groups in total. The van der Waals surface area contributed by atoms with Crippen LogP contribution in [-0.2, 0) is 11.3 Å². The van der Waals surface area contributed by atoms with Gasteiger partial charge in [0.05, 0.1) is 0 Å². The first-order valence-corrected chi connectivity index (χ1v) is 10.1. The lowest BCUT2D eigenvalue weighted by molar-refractivity contribution is -0.127. The molecule has 2 fully saturated rings. The van der Waals surface area contributed by atoms with Crippen molar-refractivity contribution in [1.29, 1.82) is 0 Å². The zero-order valence-corrected chi connectivity index (χ0v) is 15.6. The van der Waals surface area contributed by atoms with Crippen LogP contribution < -0.4 is 5.32 Å². The zero-order valence-electron chi connectivity index (χ0n) is 14.7. The lowest BCUT2D eigenvalue weighted by atomic mass is 10.0. The van der Waals surface area contributed by atoms with Gasteiger partial charge in [-0.3, -0.25) is 14.6 Å². The van der Waals surface area contributed by atoms with Crippen LogP contribution in [-0.4, -0.2) is 47.9 Å². The van der Waals surface area contributed by atoms with Crippen molar-refractivity contribution in [3.8, 4) is 0 Å². The van der Waals surface area contributed by atoms with Gasteiger partial charge < -0.3 is 5.32 Å². The van der Waals surface area contributed by atoms with Gasteiger partial charge in [-0.25, -0.2) is 4.39 Å². The van der Waals surface area contributed by atoms with E-state index < -0.39 is 0 Å². The molecule has 2 aliphatic rings. The molecule has 1 aromatic carbocycles. The highest BCUT2D eigenvalue weighted by Crippen LogP contribution is 2.26. The van der Waals surface area contributed by atoms with Crippen molar-refractivity contribution in [3.63, 3.8) is 0 Å². The number of hydrogen-bond acceptors (Lipinski definition) is 4. The van der Waals surface area contributed by atoms with Crippen LogP contribution in [0.25, 0.3) is 0 Å². The molecule has 1 aliphatic carbocycles. The zero-order chi connectivity index (χ0) is 17.9. The smallest absolute Gasteiger partial charge is 0.242 e. The van der Waals surface area contributed by atoms with Gasteiger partial charge in [-0.15, -0.1) is 11.3 Å². The fourth-order valence-electron chi connectivity index (χ4n) is 3.48. The van der Waals surface area contributed by atoms with E-state index in [-0.39, 0.29) is 17.8 Å². The van der Waals surface area contributed by atoms with Crippen LogP contribution in [0.15, 0.2) is 41.8 Å². The number of benzene rings is 1. The number of nitrogens with zero attached hydrogens (tertiary/aromatic N) is 2. The van der Waals surface area contributed by atoms with Crippen molar-refractivity contribution in [3.05, 3.63) is 58.0 Å². The molecule has 1 atom stereocenters. The van der Waals surface area contributed by atoms with Gasteiger partial charge in [0.1, 0.15) is 11.9 Å². The van der Waals surface area contributed by atoms with E-state index >= 15 is 0 Å². The highest BCUT2D eigenvalue weighted by Gasteiger charge is 2.33.